The van der Waals surface area contributed by atoms with E-state index in [4.69, 9.17) is 9.31 Å². The monoisotopic (exact) mass is 249 g/mol. The lowest BCUT2D eigenvalue weighted by Gasteiger charge is -2.32. The molecule has 2 N–H and O–H groups in total. The average Bonchev–Trinajstić information content (AvgIpc) is 2.48. The molecule has 0 aliphatic carbocycles. The number of benzene rings is 1. The van der Waals surface area contributed by atoms with Crippen LogP contribution in [0.25, 0.3) is 0 Å². The van der Waals surface area contributed by atoms with Gasteiger partial charge in [0.2, 0.25) is 0 Å². The predicted molar refractivity (Wildman–Crippen MR) is 73.4 cm³/mol. The van der Waals surface area contributed by atoms with E-state index in [0.717, 1.165) is 0 Å². The highest BCUT2D eigenvalue weighted by atomic mass is 16.7. The zero-order valence-electron chi connectivity index (χ0n) is 11.6. The van der Waals surface area contributed by atoms with Crippen LogP contribution in [0.5, 0.6) is 5.75 Å². The van der Waals surface area contributed by atoms with Crippen LogP contribution in [0.3, 0.4) is 0 Å². The standard InChI is InChI=1S/C13H20BNO3/c1-12(2)13(3,4)18-14(17-12)9-7-6-8-10(15-5)11(9)16/h6-8,15-16H,1-5H3. The van der Waals surface area contributed by atoms with Gasteiger partial charge in [0.1, 0.15) is 5.75 Å². The third-order valence-electron chi connectivity index (χ3n) is 3.84. The van der Waals surface area contributed by atoms with E-state index in [1.807, 2.05) is 45.9 Å². The molecule has 4 nitrogen and oxygen atoms in total. The van der Waals surface area contributed by atoms with E-state index in [-0.39, 0.29) is 5.75 Å². The second-order valence-electron chi connectivity index (χ2n) is 5.58. The molecule has 1 aromatic carbocycles. The molecule has 0 atom stereocenters. The SMILES string of the molecule is CNc1cccc(B2OC(C)(C)C(C)(C)O2)c1O. The van der Waals surface area contributed by atoms with Crippen molar-refractivity contribution in [1.82, 2.24) is 0 Å². The van der Waals surface area contributed by atoms with Crippen molar-refractivity contribution in [3.05, 3.63) is 18.2 Å². The Bertz CT molecular complexity index is 444. The van der Waals surface area contributed by atoms with Gasteiger partial charge in [-0.3, -0.25) is 0 Å². The lowest BCUT2D eigenvalue weighted by atomic mass is 9.78. The number of para-hydroxylation sites is 1. The predicted octanol–water partition coefficient (Wildman–Crippen LogP) is 1.73. The van der Waals surface area contributed by atoms with E-state index >= 15 is 0 Å². The fourth-order valence-corrected chi connectivity index (χ4v) is 1.92. The fourth-order valence-electron chi connectivity index (χ4n) is 1.92. The molecule has 1 heterocycles. The van der Waals surface area contributed by atoms with Gasteiger partial charge in [0, 0.05) is 12.5 Å². The maximum atomic E-state index is 10.2. The minimum absolute atomic E-state index is 0.179. The number of hydrogen-bond donors (Lipinski definition) is 2. The Hall–Kier alpha value is -1.20. The molecule has 0 aromatic heterocycles. The van der Waals surface area contributed by atoms with Crippen molar-refractivity contribution < 1.29 is 14.4 Å². The number of hydrogen-bond acceptors (Lipinski definition) is 4. The molecular weight excluding hydrogens is 229 g/mol. The maximum absolute atomic E-state index is 10.2. The molecule has 0 bridgehead atoms. The zero-order chi connectivity index (χ0) is 13.6. The van der Waals surface area contributed by atoms with Crippen molar-refractivity contribution in [3.8, 4) is 5.75 Å². The summed E-state index contributed by atoms with van der Waals surface area (Å²) in [4.78, 5) is 0. The van der Waals surface area contributed by atoms with Crippen molar-refractivity contribution in [2.45, 2.75) is 38.9 Å². The quantitative estimate of drug-likeness (QED) is 0.619. The summed E-state index contributed by atoms with van der Waals surface area (Å²) >= 11 is 0. The largest absolute Gasteiger partial charge is 0.506 e. The van der Waals surface area contributed by atoms with Gasteiger partial charge in [-0.25, -0.2) is 0 Å². The lowest BCUT2D eigenvalue weighted by molar-refractivity contribution is 0.00578. The summed E-state index contributed by atoms with van der Waals surface area (Å²) in [7, 11) is 1.23. The summed E-state index contributed by atoms with van der Waals surface area (Å²) in [5.74, 6) is 0.179. The second-order valence-corrected chi connectivity index (χ2v) is 5.58. The molecule has 1 aliphatic rings. The molecule has 1 aliphatic heterocycles. The first-order valence-corrected chi connectivity index (χ1v) is 6.14. The molecule has 0 radical (unpaired) electrons. The number of nitrogens with one attached hydrogen (secondary N) is 1. The molecule has 1 aromatic rings. The van der Waals surface area contributed by atoms with Crippen LogP contribution in [0.1, 0.15) is 27.7 Å². The zero-order valence-corrected chi connectivity index (χ0v) is 11.6. The summed E-state index contributed by atoms with van der Waals surface area (Å²) in [6.07, 6.45) is 0. The van der Waals surface area contributed by atoms with Gasteiger partial charge in [-0.15, -0.1) is 0 Å². The van der Waals surface area contributed by atoms with Crippen LogP contribution in [-0.2, 0) is 9.31 Å². The van der Waals surface area contributed by atoms with E-state index in [1.165, 1.54) is 0 Å². The number of phenols is 1. The molecule has 0 saturated carbocycles. The molecule has 0 amide bonds. The van der Waals surface area contributed by atoms with Crippen LogP contribution in [0, 0.1) is 0 Å². The van der Waals surface area contributed by atoms with E-state index < -0.39 is 18.3 Å². The Morgan fingerprint density at radius 1 is 1.11 bits per heavy atom. The number of anilines is 1. The first kappa shape index (κ1) is 13.2. The van der Waals surface area contributed by atoms with Gasteiger partial charge in [-0.05, 0) is 33.8 Å². The Kier molecular flexibility index (Phi) is 3.07. The first-order chi connectivity index (χ1) is 8.28. The fraction of sp³-hybridized carbons (Fsp3) is 0.538. The number of rotatable bonds is 2. The summed E-state index contributed by atoms with van der Waals surface area (Å²) in [5.41, 5.74) is 0.516. The highest BCUT2D eigenvalue weighted by Gasteiger charge is 2.52. The Labute approximate surface area is 108 Å². The van der Waals surface area contributed by atoms with Gasteiger partial charge >= 0.3 is 7.12 Å². The van der Waals surface area contributed by atoms with Gasteiger partial charge in [0.15, 0.2) is 0 Å². The topological polar surface area (TPSA) is 50.7 Å². The van der Waals surface area contributed by atoms with Gasteiger partial charge in [-0.2, -0.15) is 0 Å². The van der Waals surface area contributed by atoms with Crippen molar-refractivity contribution in [2.75, 3.05) is 12.4 Å². The van der Waals surface area contributed by atoms with Crippen LogP contribution in [0.2, 0.25) is 0 Å². The molecular formula is C13H20BNO3. The molecule has 18 heavy (non-hydrogen) atoms. The van der Waals surface area contributed by atoms with Crippen LogP contribution in [0.15, 0.2) is 18.2 Å². The van der Waals surface area contributed by atoms with Crippen molar-refractivity contribution in [1.29, 1.82) is 0 Å². The van der Waals surface area contributed by atoms with Crippen LogP contribution in [0.4, 0.5) is 5.69 Å². The smallest absolute Gasteiger partial charge is 0.498 e. The molecule has 1 fully saturated rings. The number of phenolic OH excluding ortho intramolecular Hbond substituents is 1. The van der Waals surface area contributed by atoms with Gasteiger partial charge in [0.05, 0.1) is 16.9 Å². The number of aromatic hydroxyl groups is 1. The highest BCUT2D eigenvalue weighted by Crippen LogP contribution is 2.37. The summed E-state index contributed by atoms with van der Waals surface area (Å²) in [5, 5.41) is 13.1. The lowest BCUT2D eigenvalue weighted by Crippen LogP contribution is -2.41. The van der Waals surface area contributed by atoms with Crippen LogP contribution < -0.4 is 10.8 Å². The van der Waals surface area contributed by atoms with Crippen LogP contribution in [-0.4, -0.2) is 30.5 Å². The van der Waals surface area contributed by atoms with Gasteiger partial charge < -0.3 is 19.7 Å². The van der Waals surface area contributed by atoms with E-state index in [2.05, 4.69) is 5.32 Å². The minimum atomic E-state index is -0.539. The molecule has 0 unspecified atom stereocenters. The van der Waals surface area contributed by atoms with E-state index in [1.54, 1.807) is 7.05 Å². The average molecular weight is 249 g/mol. The molecule has 5 heteroatoms. The highest BCUT2D eigenvalue weighted by molar-refractivity contribution is 6.63. The Morgan fingerprint density at radius 3 is 2.17 bits per heavy atom. The van der Waals surface area contributed by atoms with Crippen molar-refractivity contribution in [2.24, 2.45) is 0 Å². The molecule has 1 saturated heterocycles. The maximum Gasteiger partial charge on any atom is 0.498 e. The minimum Gasteiger partial charge on any atom is -0.506 e. The third-order valence-corrected chi connectivity index (χ3v) is 3.84. The summed E-state index contributed by atoms with van der Waals surface area (Å²) < 4.78 is 11.8. The normalized spacial score (nSPS) is 21.1. The van der Waals surface area contributed by atoms with Crippen molar-refractivity contribution >= 4 is 18.3 Å². The van der Waals surface area contributed by atoms with Crippen LogP contribution >= 0.6 is 0 Å². The summed E-state index contributed by atoms with van der Waals surface area (Å²) in [6, 6.07) is 5.49. The van der Waals surface area contributed by atoms with E-state index in [9.17, 15) is 5.11 Å². The van der Waals surface area contributed by atoms with E-state index in [0.29, 0.717) is 11.2 Å². The third kappa shape index (κ3) is 1.97. The van der Waals surface area contributed by atoms with Gasteiger partial charge in [-0.1, -0.05) is 12.1 Å². The van der Waals surface area contributed by atoms with Crippen molar-refractivity contribution in [3.63, 3.8) is 0 Å². The molecule has 0 spiro atoms. The Morgan fingerprint density at radius 2 is 1.67 bits per heavy atom. The first-order valence-electron chi connectivity index (χ1n) is 6.14. The summed E-state index contributed by atoms with van der Waals surface area (Å²) in [6.45, 7) is 7.97. The van der Waals surface area contributed by atoms with Gasteiger partial charge in [0.25, 0.3) is 0 Å². The molecule has 2 rings (SSSR count). The second kappa shape index (κ2) is 4.18. The Balaban J connectivity index is 2.35. The molecule has 98 valence electrons.